The third kappa shape index (κ3) is 5.20. The largest absolute Gasteiger partial charge is 0.336 e. The van der Waals surface area contributed by atoms with Crippen molar-refractivity contribution in [3.05, 3.63) is 34.5 Å². The van der Waals surface area contributed by atoms with Gasteiger partial charge in [-0.3, -0.25) is 9.35 Å². The molecule has 3 rings (SSSR count). The van der Waals surface area contributed by atoms with Gasteiger partial charge in [-0.15, -0.1) is 0 Å². The molecule has 4 N–H and O–H groups in total. The number of hydrogen-bond acceptors (Lipinski definition) is 5. The van der Waals surface area contributed by atoms with Gasteiger partial charge >= 0.3 is 0 Å². The minimum atomic E-state index is -3.67. The Hall–Kier alpha value is -2.10. The summed E-state index contributed by atoms with van der Waals surface area (Å²) in [6, 6.07) is 5.83. The Labute approximate surface area is 156 Å². The van der Waals surface area contributed by atoms with Crippen molar-refractivity contribution < 1.29 is 17.8 Å². The van der Waals surface area contributed by atoms with E-state index < -0.39 is 10.1 Å². The third-order valence-corrected chi connectivity index (χ3v) is 4.25. The van der Waals surface area contributed by atoms with E-state index in [1.165, 1.54) is 18.3 Å². The van der Waals surface area contributed by atoms with Crippen LogP contribution in [-0.4, -0.2) is 36.0 Å². The normalized spacial score (nSPS) is 14.4. The van der Waals surface area contributed by atoms with Crippen molar-refractivity contribution in [1.29, 1.82) is 0 Å². The molecule has 1 aliphatic heterocycles. The number of halogens is 1. The molecule has 2 heterocycles. The van der Waals surface area contributed by atoms with Crippen molar-refractivity contribution in [2.24, 2.45) is 10.9 Å². The van der Waals surface area contributed by atoms with Gasteiger partial charge in [-0.1, -0.05) is 24.1 Å². The molecule has 0 spiro atoms. The van der Waals surface area contributed by atoms with Gasteiger partial charge in [0.2, 0.25) is 0 Å². The number of aryl methyl sites for hydroxylation is 2. The lowest BCUT2D eigenvalue weighted by Crippen LogP contribution is -2.25. The fourth-order valence-electron chi connectivity index (χ4n) is 2.97. The summed E-state index contributed by atoms with van der Waals surface area (Å²) in [6.07, 6.45) is 6.31. The second kappa shape index (κ2) is 8.52. The number of aromatic nitrogens is 1. The van der Waals surface area contributed by atoms with Crippen LogP contribution in [0.3, 0.4) is 0 Å². The molecule has 0 saturated carbocycles. The van der Waals surface area contributed by atoms with Crippen molar-refractivity contribution >= 4 is 44.9 Å². The van der Waals surface area contributed by atoms with Crippen molar-refractivity contribution in [2.45, 2.75) is 32.2 Å². The van der Waals surface area contributed by atoms with Crippen LogP contribution in [0, 0.1) is 0 Å². The summed E-state index contributed by atoms with van der Waals surface area (Å²) < 4.78 is 27.9. The third-order valence-electron chi connectivity index (χ3n) is 3.92. The number of benzene rings is 1. The molecule has 0 saturated heterocycles. The average Bonchev–Trinajstić information content (AvgIpc) is 2.90. The number of hydrazone groups is 1. The van der Waals surface area contributed by atoms with Gasteiger partial charge in [0.1, 0.15) is 12.0 Å². The van der Waals surface area contributed by atoms with Crippen LogP contribution in [0.4, 0.5) is 0 Å². The van der Waals surface area contributed by atoms with Crippen molar-refractivity contribution in [3.8, 4) is 0 Å². The number of nitrogens with one attached hydrogen (secondary N) is 1. The Kier molecular flexibility index (Phi) is 6.63. The lowest BCUT2D eigenvalue weighted by Gasteiger charge is -2.16. The van der Waals surface area contributed by atoms with Gasteiger partial charge < -0.3 is 15.7 Å². The molecule has 0 fully saturated rings. The minimum absolute atomic E-state index is 0.219. The van der Waals surface area contributed by atoms with E-state index in [1.54, 1.807) is 0 Å². The highest BCUT2D eigenvalue weighted by molar-refractivity contribution is 7.85. The molecule has 8 nitrogen and oxygen atoms in total. The topological polar surface area (TPSA) is 127 Å². The maximum absolute atomic E-state index is 12.3. The molecule has 1 aliphatic rings. The van der Waals surface area contributed by atoms with Gasteiger partial charge in [0.25, 0.3) is 16.0 Å². The molecule has 0 radical (unpaired) electrons. The summed E-state index contributed by atoms with van der Waals surface area (Å²) in [6.45, 7) is 0.819. The number of amides is 1. The lowest BCUT2D eigenvalue weighted by molar-refractivity contribution is 0.0969. The van der Waals surface area contributed by atoms with Crippen LogP contribution in [-0.2, 0) is 23.1 Å². The number of rotatable bonds is 2. The molecule has 0 atom stereocenters. The first-order valence-electron chi connectivity index (χ1n) is 7.98. The standard InChI is InChI=1S/C15H17ClN4O.CH4O3S/c16-12-6-5-10-4-2-1-3-7-20-13(8-11(12)14(10)20)15(21)18-9-19-17;1-5(2,3)4/h5-6,8-9H,1-4,7,17H2,(H,18,19,21);1H3,(H,2,3,4). The van der Waals surface area contributed by atoms with Gasteiger partial charge in [-0.05, 0) is 37.0 Å². The zero-order valence-electron chi connectivity index (χ0n) is 14.3. The second-order valence-electron chi connectivity index (χ2n) is 5.95. The second-order valence-corrected chi connectivity index (χ2v) is 7.82. The van der Waals surface area contributed by atoms with E-state index in [2.05, 4.69) is 21.1 Å². The molecular weight excluding hydrogens is 380 g/mol. The van der Waals surface area contributed by atoms with E-state index in [4.69, 9.17) is 22.0 Å². The van der Waals surface area contributed by atoms with Crippen LogP contribution in [0.15, 0.2) is 23.3 Å². The molecule has 10 heteroatoms. The summed E-state index contributed by atoms with van der Waals surface area (Å²) in [5.41, 5.74) is 2.93. The zero-order chi connectivity index (χ0) is 19.3. The van der Waals surface area contributed by atoms with E-state index >= 15 is 0 Å². The molecule has 0 aliphatic carbocycles. The summed E-state index contributed by atoms with van der Waals surface area (Å²) in [5, 5.41) is 7.48. The minimum Gasteiger partial charge on any atom is -0.336 e. The van der Waals surface area contributed by atoms with Crippen LogP contribution in [0.1, 0.15) is 35.3 Å². The smallest absolute Gasteiger partial charge is 0.273 e. The van der Waals surface area contributed by atoms with Gasteiger partial charge in [-0.2, -0.15) is 13.5 Å². The number of carbonyl (C=O) groups is 1. The van der Waals surface area contributed by atoms with Crippen LogP contribution >= 0.6 is 11.6 Å². The fourth-order valence-corrected chi connectivity index (χ4v) is 3.18. The number of carbonyl (C=O) groups excluding carboxylic acids is 1. The highest BCUT2D eigenvalue weighted by atomic mass is 35.5. The van der Waals surface area contributed by atoms with Crippen molar-refractivity contribution in [2.75, 3.05) is 6.26 Å². The van der Waals surface area contributed by atoms with Gasteiger partial charge in [0.05, 0.1) is 11.8 Å². The highest BCUT2D eigenvalue weighted by Gasteiger charge is 2.20. The predicted octanol–water partition coefficient (Wildman–Crippen LogP) is 2.16. The summed E-state index contributed by atoms with van der Waals surface area (Å²) in [4.78, 5) is 12.3. The van der Waals surface area contributed by atoms with Gasteiger partial charge in [-0.25, -0.2) is 0 Å². The quantitative estimate of drug-likeness (QED) is 0.234. The molecule has 1 aromatic carbocycles. The van der Waals surface area contributed by atoms with Crippen LogP contribution in [0.5, 0.6) is 0 Å². The van der Waals surface area contributed by atoms with Crippen LogP contribution in [0.2, 0.25) is 5.02 Å². The highest BCUT2D eigenvalue weighted by Crippen LogP contribution is 2.32. The Morgan fingerprint density at radius 2 is 2.08 bits per heavy atom. The maximum atomic E-state index is 12.3. The van der Waals surface area contributed by atoms with E-state index in [0.29, 0.717) is 17.0 Å². The Balaban J connectivity index is 0.000000431. The summed E-state index contributed by atoms with van der Waals surface area (Å²) in [7, 11) is -3.67. The first kappa shape index (κ1) is 20.2. The lowest BCUT2D eigenvalue weighted by atomic mass is 10.0. The summed E-state index contributed by atoms with van der Waals surface area (Å²) >= 11 is 6.31. The molecular formula is C16H21ClN4O4S. The Morgan fingerprint density at radius 3 is 2.73 bits per heavy atom. The summed E-state index contributed by atoms with van der Waals surface area (Å²) in [5.74, 6) is 4.81. The molecule has 0 unspecified atom stereocenters. The first-order chi connectivity index (χ1) is 12.2. The van der Waals surface area contributed by atoms with E-state index in [-0.39, 0.29) is 5.91 Å². The van der Waals surface area contributed by atoms with E-state index in [9.17, 15) is 13.2 Å². The van der Waals surface area contributed by atoms with Crippen LogP contribution in [0.25, 0.3) is 10.9 Å². The number of nitrogens with two attached hydrogens (primary N) is 1. The molecule has 1 aromatic heterocycles. The van der Waals surface area contributed by atoms with E-state index in [0.717, 1.165) is 36.7 Å². The monoisotopic (exact) mass is 400 g/mol. The fraction of sp³-hybridized carbons (Fsp3) is 0.375. The maximum Gasteiger partial charge on any atom is 0.273 e. The Morgan fingerprint density at radius 1 is 1.38 bits per heavy atom. The molecule has 142 valence electrons. The first-order valence-corrected chi connectivity index (χ1v) is 10.2. The zero-order valence-corrected chi connectivity index (χ0v) is 15.8. The average molecular weight is 401 g/mol. The number of nitrogens with zero attached hydrogens (tertiary/aromatic N) is 2. The van der Waals surface area contributed by atoms with Gasteiger partial charge in [0, 0.05) is 17.0 Å². The molecule has 26 heavy (non-hydrogen) atoms. The molecule has 2 aromatic rings. The number of hydrogen-bond donors (Lipinski definition) is 3. The van der Waals surface area contributed by atoms with Gasteiger partial charge in [0.15, 0.2) is 0 Å². The van der Waals surface area contributed by atoms with Crippen molar-refractivity contribution in [1.82, 2.24) is 9.88 Å². The predicted molar refractivity (Wildman–Crippen MR) is 102 cm³/mol. The SMILES string of the molecule is CS(=O)(=O)O.NN=CNC(=O)c1cc2c(Cl)ccc3c2n1CCCCC3. The molecule has 0 bridgehead atoms. The molecule has 1 amide bonds. The van der Waals surface area contributed by atoms with E-state index in [1.807, 2.05) is 12.1 Å². The van der Waals surface area contributed by atoms with Crippen molar-refractivity contribution in [3.63, 3.8) is 0 Å². The Bertz CT molecular complexity index is 929. The van der Waals surface area contributed by atoms with Crippen LogP contribution < -0.4 is 11.2 Å².